The minimum absolute atomic E-state index is 0.177. The van der Waals surface area contributed by atoms with Crippen molar-refractivity contribution in [1.29, 1.82) is 0 Å². The number of fused-ring (bicyclic) bond motifs is 3. The minimum atomic E-state index is -1.87. The lowest BCUT2D eigenvalue weighted by Gasteiger charge is -2.42. The van der Waals surface area contributed by atoms with E-state index in [0.29, 0.717) is 0 Å². The van der Waals surface area contributed by atoms with Gasteiger partial charge in [0.05, 0.1) is 0 Å². The Bertz CT molecular complexity index is 715. The smallest absolute Gasteiger partial charge is 0.203 e. The summed E-state index contributed by atoms with van der Waals surface area (Å²) in [7, 11) is -1.87. The van der Waals surface area contributed by atoms with Crippen LogP contribution in [0.2, 0.25) is 18.1 Å². The summed E-state index contributed by atoms with van der Waals surface area (Å²) in [5.41, 5.74) is 1.25. The van der Waals surface area contributed by atoms with Gasteiger partial charge in [0, 0.05) is 24.3 Å². The normalized spacial score (nSPS) is 21.7. The van der Waals surface area contributed by atoms with E-state index in [0.717, 1.165) is 12.2 Å². The van der Waals surface area contributed by atoms with Crippen LogP contribution in [0.1, 0.15) is 33.3 Å². The van der Waals surface area contributed by atoms with Gasteiger partial charge in [0.1, 0.15) is 5.75 Å². The van der Waals surface area contributed by atoms with Gasteiger partial charge >= 0.3 is 0 Å². The molecule has 0 bridgehead atoms. The average Bonchev–Trinajstić information content (AvgIpc) is 2.73. The molecule has 0 aliphatic carbocycles. The minimum Gasteiger partial charge on any atom is -0.462 e. The van der Waals surface area contributed by atoms with Crippen LogP contribution in [0.3, 0.4) is 0 Å². The Morgan fingerprint density at radius 3 is 2.45 bits per heavy atom. The molecule has 1 heterocycles. The summed E-state index contributed by atoms with van der Waals surface area (Å²) < 4.78 is 13.0. The fraction of sp³-hybridized carbons (Fsp3) is 0.474. The molecule has 1 unspecified atom stereocenters. The molecular formula is C19H26O2Si. The van der Waals surface area contributed by atoms with Crippen molar-refractivity contribution in [3.63, 3.8) is 0 Å². The molecule has 0 N–H and O–H groups in total. The molecule has 3 heteroatoms. The second-order valence-corrected chi connectivity index (χ2v) is 12.8. The summed E-state index contributed by atoms with van der Waals surface area (Å²) in [6.07, 6.45) is 0.819. The van der Waals surface area contributed by atoms with Crippen LogP contribution in [0.5, 0.6) is 5.75 Å². The van der Waals surface area contributed by atoms with E-state index in [1.165, 1.54) is 16.3 Å². The third kappa shape index (κ3) is 2.57. The number of hydrogen-bond donors (Lipinski definition) is 0. The highest BCUT2D eigenvalue weighted by atomic mass is 28.4. The third-order valence-corrected chi connectivity index (χ3v) is 9.62. The zero-order chi connectivity index (χ0) is 16.2. The van der Waals surface area contributed by atoms with Crippen LogP contribution in [0.25, 0.3) is 10.8 Å². The van der Waals surface area contributed by atoms with Crippen molar-refractivity contribution < 1.29 is 9.16 Å². The molecule has 3 rings (SSSR count). The Kier molecular flexibility index (Phi) is 3.42. The van der Waals surface area contributed by atoms with Gasteiger partial charge in [-0.1, -0.05) is 57.2 Å². The molecule has 1 atom stereocenters. The number of rotatable bonds is 2. The number of hydrogen-bond acceptors (Lipinski definition) is 2. The van der Waals surface area contributed by atoms with Crippen LogP contribution in [-0.4, -0.2) is 14.1 Å². The lowest BCUT2D eigenvalue weighted by Crippen LogP contribution is -2.50. The highest BCUT2D eigenvalue weighted by Crippen LogP contribution is 2.45. The zero-order valence-corrected chi connectivity index (χ0v) is 15.5. The van der Waals surface area contributed by atoms with E-state index in [-0.39, 0.29) is 5.04 Å². The lowest BCUT2D eigenvalue weighted by molar-refractivity contribution is -0.0899. The van der Waals surface area contributed by atoms with Crippen LogP contribution >= 0.6 is 0 Å². The molecule has 0 amide bonds. The zero-order valence-electron chi connectivity index (χ0n) is 14.5. The van der Waals surface area contributed by atoms with E-state index < -0.39 is 14.1 Å². The lowest BCUT2D eigenvalue weighted by atomic mass is 10.0. The van der Waals surface area contributed by atoms with Gasteiger partial charge in [-0.2, -0.15) is 0 Å². The molecule has 0 saturated carbocycles. The Balaban J connectivity index is 1.95. The van der Waals surface area contributed by atoms with E-state index in [2.05, 4.69) is 77.2 Å². The van der Waals surface area contributed by atoms with Crippen LogP contribution < -0.4 is 4.74 Å². The topological polar surface area (TPSA) is 18.5 Å². The third-order valence-electron chi connectivity index (χ3n) is 5.07. The summed E-state index contributed by atoms with van der Waals surface area (Å²) in [4.78, 5) is 0. The van der Waals surface area contributed by atoms with Crippen molar-refractivity contribution in [2.24, 2.45) is 0 Å². The Labute approximate surface area is 134 Å². The fourth-order valence-electron chi connectivity index (χ4n) is 2.90. The molecule has 0 saturated heterocycles. The standard InChI is InChI=1S/C19H26O2Si/c1-18(2,3)22(5,6)21-19(4)13-15-12-11-14-9-7-8-10-16(14)17(15)20-19/h7-12H,13H2,1-6H3. The van der Waals surface area contributed by atoms with Gasteiger partial charge in [0.2, 0.25) is 5.79 Å². The summed E-state index contributed by atoms with van der Waals surface area (Å²) in [5, 5.41) is 2.58. The van der Waals surface area contributed by atoms with Crippen LogP contribution in [-0.2, 0) is 10.8 Å². The first kappa shape index (κ1) is 15.6. The highest BCUT2D eigenvalue weighted by molar-refractivity contribution is 6.74. The average molecular weight is 315 g/mol. The molecule has 22 heavy (non-hydrogen) atoms. The van der Waals surface area contributed by atoms with Crippen LogP contribution in [0.15, 0.2) is 36.4 Å². The van der Waals surface area contributed by atoms with Crippen molar-refractivity contribution in [3.8, 4) is 5.75 Å². The Hall–Kier alpha value is -1.32. The van der Waals surface area contributed by atoms with Crippen LogP contribution in [0.4, 0.5) is 0 Å². The monoisotopic (exact) mass is 314 g/mol. The number of ether oxygens (including phenoxy) is 1. The molecule has 2 aromatic rings. The van der Waals surface area contributed by atoms with E-state index >= 15 is 0 Å². The van der Waals surface area contributed by atoms with Gasteiger partial charge in [0.25, 0.3) is 0 Å². The van der Waals surface area contributed by atoms with E-state index in [4.69, 9.17) is 9.16 Å². The van der Waals surface area contributed by atoms with Gasteiger partial charge < -0.3 is 9.16 Å². The molecule has 2 nitrogen and oxygen atoms in total. The molecule has 1 aliphatic heterocycles. The first-order valence-electron chi connectivity index (χ1n) is 8.01. The molecule has 0 aromatic heterocycles. The Morgan fingerprint density at radius 2 is 1.77 bits per heavy atom. The van der Waals surface area contributed by atoms with Gasteiger partial charge in [-0.3, -0.25) is 0 Å². The molecule has 0 fully saturated rings. The van der Waals surface area contributed by atoms with Crippen molar-refractivity contribution in [1.82, 2.24) is 0 Å². The summed E-state index contributed by atoms with van der Waals surface area (Å²) in [5.74, 6) is 0.453. The molecule has 1 aliphatic rings. The second kappa shape index (κ2) is 4.84. The largest absolute Gasteiger partial charge is 0.462 e. The predicted molar refractivity (Wildman–Crippen MR) is 95.0 cm³/mol. The van der Waals surface area contributed by atoms with Crippen molar-refractivity contribution in [2.45, 2.75) is 58.0 Å². The van der Waals surface area contributed by atoms with Gasteiger partial charge in [-0.25, -0.2) is 0 Å². The molecule has 2 aromatic carbocycles. The predicted octanol–water partition coefficient (Wildman–Crippen LogP) is 5.51. The van der Waals surface area contributed by atoms with E-state index in [9.17, 15) is 0 Å². The first-order chi connectivity index (χ1) is 10.1. The summed E-state index contributed by atoms with van der Waals surface area (Å²) in [6, 6.07) is 12.7. The maximum absolute atomic E-state index is 6.60. The highest BCUT2D eigenvalue weighted by Gasteiger charge is 2.46. The van der Waals surface area contributed by atoms with Gasteiger partial charge in [0.15, 0.2) is 8.32 Å². The SMILES string of the molecule is CC1(O[Si](C)(C)C(C)(C)C)Cc2ccc3ccccc3c2O1. The van der Waals surface area contributed by atoms with E-state index in [1.807, 2.05) is 0 Å². The van der Waals surface area contributed by atoms with Crippen molar-refractivity contribution >= 4 is 19.1 Å². The van der Waals surface area contributed by atoms with Gasteiger partial charge in [-0.05, 0) is 23.5 Å². The van der Waals surface area contributed by atoms with Crippen molar-refractivity contribution in [2.75, 3.05) is 0 Å². The maximum Gasteiger partial charge on any atom is 0.203 e. The maximum atomic E-state index is 6.60. The first-order valence-corrected chi connectivity index (χ1v) is 10.9. The second-order valence-electron chi connectivity index (χ2n) is 8.05. The fourth-order valence-corrected chi connectivity index (χ4v) is 4.40. The van der Waals surface area contributed by atoms with E-state index in [1.54, 1.807) is 0 Å². The quantitative estimate of drug-likeness (QED) is 0.680. The Morgan fingerprint density at radius 1 is 1.09 bits per heavy atom. The molecule has 118 valence electrons. The van der Waals surface area contributed by atoms with Crippen molar-refractivity contribution in [3.05, 3.63) is 42.0 Å². The molecule has 0 radical (unpaired) electrons. The summed E-state index contributed by atoms with van der Waals surface area (Å²) >= 11 is 0. The number of benzene rings is 2. The molecular weight excluding hydrogens is 288 g/mol. The molecule has 0 spiro atoms. The van der Waals surface area contributed by atoms with Crippen LogP contribution in [0, 0.1) is 0 Å². The summed E-state index contributed by atoms with van der Waals surface area (Å²) in [6.45, 7) is 13.4. The van der Waals surface area contributed by atoms with Gasteiger partial charge in [-0.15, -0.1) is 0 Å².